The van der Waals surface area contributed by atoms with Crippen molar-refractivity contribution < 1.29 is 8.78 Å². The highest BCUT2D eigenvalue weighted by Gasteiger charge is 2.17. The van der Waals surface area contributed by atoms with Gasteiger partial charge in [0.15, 0.2) is 0 Å². The first-order chi connectivity index (χ1) is 9.11. The van der Waals surface area contributed by atoms with E-state index in [0.29, 0.717) is 16.6 Å². The van der Waals surface area contributed by atoms with Crippen molar-refractivity contribution in [2.45, 2.75) is 13.0 Å². The normalized spacial score (nSPS) is 12.4. The summed E-state index contributed by atoms with van der Waals surface area (Å²) in [5.74, 6) is -0.707. The third-order valence-corrected chi connectivity index (χ3v) is 3.43. The number of halogens is 3. The standard InChI is InChI=1S/C14H13BrF2N2/c1-2-19-14(9-5-11(17)8-18-7-9)12-4-3-10(16)6-13(12)15/h3-8,14,19H,2H2,1H3. The predicted molar refractivity (Wildman–Crippen MR) is 73.8 cm³/mol. The number of nitrogens with one attached hydrogen (secondary N) is 1. The van der Waals surface area contributed by atoms with Gasteiger partial charge in [0.05, 0.1) is 12.2 Å². The fourth-order valence-electron chi connectivity index (χ4n) is 1.93. The highest BCUT2D eigenvalue weighted by Crippen LogP contribution is 2.29. The Morgan fingerprint density at radius 2 is 2.00 bits per heavy atom. The molecular weight excluding hydrogens is 314 g/mol. The Bertz CT molecular complexity index is 575. The van der Waals surface area contributed by atoms with Crippen LogP contribution in [0.25, 0.3) is 0 Å². The molecule has 5 heteroatoms. The molecule has 0 saturated carbocycles. The minimum atomic E-state index is -0.390. The summed E-state index contributed by atoms with van der Waals surface area (Å²) in [4.78, 5) is 3.86. The monoisotopic (exact) mass is 326 g/mol. The van der Waals surface area contributed by atoms with Gasteiger partial charge in [-0.15, -0.1) is 0 Å². The van der Waals surface area contributed by atoms with Crippen LogP contribution < -0.4 is 5.32 Å². The molecule has 1 atom stereocenters. The zero-order valence-corrected chi connectivity index (χ0v) is 11.9. The molecular formula is C14H13BrF2N2. The number of benzene rings is 1. The number of hydrogen-bond donors (Lipinski definition) is 1. The maximum Gasteiger partial charge on any atom is 0.141 e. The van der Waals surface area contributed by atoms with Crippen LogP contribution in [0.4, 0.5) is 8.78 Å². The van der Waals surface area contributed by atoms with Crippen LogP contribution >= 0.6 is 15.9 Å². The maximum atomic E-state index is 13.3. The molecule has 2 rings (SSSR count). The smallest absolute Gasteiger partial charge is 0.141 e. The molecule has 2 nitrogen and oxygen atoms in total. The Hall–Kier alpha value is -1.33. The molecule has 19 heavy (non-hydrogen) atoms. The van der Waals surface area contributed by atoms with Gasteiger partial charge in [0, 0.05) is 10.7 Å². The van der Waals surface area contributed by atoms with Crippen LogP contribution in [0.3, 0.4) is 0 Å². The second-order valence-electron chi connectivity index (χ2n) is 4.09. The summed E-state index contributed by atoms with van der Waals surface area (Å²) >= 11 is 3.34. The van der Waals surface area contributed by atoms with E-state index < -0.39 is 5.82 Å². The number of pyridine rings is 1. The van der Waals surface area contributed by atoms with Crippen LogP contribution in [0.5, 0.6) is 0 Å². The first-order valence-electron chi connectivity index (χ1n) is 5.90. The van der Waals surface area contributed by atoms with E-state index in [-0.39, 0.29) is 11.9 Å². The minimum absolute atomic E-state index is 0.233. The van der Waals surface area contributed by atoms with Crippen LogP contribution in [-0.2, 0) is 0 Å². The molecule has 1 N–H and O–H groups in total. The topological polar surface area (TPSA) is 24.9 Å². The van der Waals surface area contributed by atoms with E-state index in [1.165, 1.54) is 18.2 Å². The van der Waals surface area contributed by atoms with Crippen molar-refractivity contribution in [3.63, 3.8) is 0 Å². The minimum Gasteiger partial charge on any atom is -0.306 e. The van der Waals surface area contributed by atoms with Gasteiger partial charge in [-0.1, -0.05) is 28.9 Å². The number of hydrogen-bond acceptors (Lipinski definition) is 2. The molecule has 1 aromatic carbocycles. The molecule has 0 bridgehead atoms. The summed E-state index contributed by atoms with van der Waals surface area (Å²) in [5.41, 5.74) is 1.55. The van der Waals surface area contributed by atoms with E-state index in [9.17, 15) is 8.78 Å². The quantitative estimate of drug-likeness (QED) is 0.923. The van der Waals surface area contributed by atoms with E-state index in [0.717, 1.165) is 11.8 Å². The van der Waals surface area contributed by atoms with Gasteiger partial charge < -0.3 is 5.32 Å². The molecule has 2 aromatic rings. The average Bonchev–Trinajstić information content (AvgIpc) is 2.37. The molecule has 100 valence electrons. The molecule has 0 amide bonds. The number of nitrogens with zero attached hydrogens (tertiary/aromatic N) is 1. The second-order valence-corrected chi connectivity index (χ2v) is 4.95. The average molecular weight is 327 g/mol. The Morgan fingerprint density at radius 1 is 1.21 bits per heavy atom. The van der Waals surface area contributed by atoms with Crippen LogP contribution in [0.2, 0.25) is 0 Å². The molecule has 0 fully saturated rings. The lowest BCUT2D eigenvalue weighted by Crippen LogP contribution is -2.22. The van der Waals surface area contributed by atoms with E-state index in [4.69, 9.17) is 0 Å². The van der Waals surface area contributed by atoms with E-state index in [2.05, 4.69) is 26.2 Å². The van der Waals surface area contributed by atoms with Crippen molar-refractivity contribution in [3.05, 3.63) is 63.9 Å². The summed E-state index contributed by atoms with van der Waals surface area (Å²) in [6.07, 6.45) is 2.76. The van der Waals surface area contributed by atoms with E-state index >= 15 is 0 Å². The van der Waals surface area contributed by atoms with Crippen molar-refractivity contribution >= 4 is 15.9 Å². The van der Waals surface area contributed by atoms with Gasteiger partial charge in [0.2, 0.25) is 0 Å². The third kappa shape index (κ3) is 3.36. The van der Waals surface area contributed by atoms with Gasteiger partial charge >= 0.3 is 0 Å². The maximum absolute atomic E-state index is 13.3. The predicted octanol–water partition coefficient (Wildman–Crippen LogP) is 3.82. The Labute approximate surface area is 119 Å². The highest BCUT2D eigenvalue weighted by atomic mass is 79.9. The van der Waals surface area contributed by atoms with Crippen LogP contribution in [0, 0.1) is 11.6 Å². The zero-order chi connectivity index (χ0) is 13.8. The Kier molecular flexibility index (Phi) is 4.61. The van der Waals surface area contributed by atoms with Crippen molar-refractivity contribution in [1.82, 2.24) is 10.3 Å². The van der Waals surface area contributed by atoms with Gasteiger partial charge in [-0.3, -0.25) is 4.98 Å². The molecule has 0 aliphatic rings. The molecule has 1 unspecified atom stereocenters. The number of rotatable bonds is 4. The van der Waals surface area contributed by atoms with E-state index in [1.807, 2.05) is 6.92 Å². The first-order valence-corrected chi connectivity index (χ1v) is 6.70. The lowest BCUT2D eigenvalue weighted by Gasteiger charge is -2.20. The summed E-state index contributed by atoms with van der Waals surface area (Å²) in [5, 5.41) is 3.24. The van der Waals surface area contributed by atoms with Gasteiger partial charge in [0.1, 0.15) is 11.6 Å². The summed E-state index contributed by atoms with van der Waals surface area (Å²) < 4.78 is 27.1. The summed E-state index contributed by atoms with van der Waals surface area (Å²) in [7, 11) is 0. The van der Waals surface area contributed by atoms with Gasteiger partial charge in [-0.25, -0.2) is 8.78 Å². The lowest BCUT2D eigenvalue weighted by molar-refractivity contribution is 0.591. The molecule has 0 aliphatic heterocycles. The molecule has 0 aliphatic carbocycles. The van der Waals surface area contributed by atoms with Crippen LogP contribution in [0.1, 0.15) is 24.1 Å². The highest BCUT2D eigenvalue weighted by molar-refractivity contribution is 9.10. The first kappa shape index (κ1) is 14.1. The van der Waals surface area contributed by atoms with Gasteiger partial charge in [0.25, 0.3) is 0 Å². The van der Waals surface area contributed by atoms with Crippen LogP contribution in [-0.4, -0.2) is 11.5 Å². The molecule has 0 radical (unpaired) electrons. The zero-order valence-electron chi connectivity index (χ0n) is 10.3. The molecule has 0 saturated heterocycles. The van der Waals surface area contributed by atoms with Crippen molar-refractivity contribution in [1.29, 1.82) is 0 Å². The number of aromatic nitrogens is 1. The SMILES string of the molecule is CCNC(c1cncc(F)c1)c1ccc(F)cc1Br. The lowest BCUT2D eigenvalue weighted by atomic mass is 10.00. The summed E-state index contributed by atoms with van der Waals surface area (Å²) in [6.45, 7) is 2.65. The fourth-order valence-corrected chi connectivity index (χ4v) is 2.51. The summed E-state index contributed by atoms with van der Waals surface area (Å²) in [6, 6.07) is 5.65. The second kappa shape index (κ2) is 6.21. The molecule has 1 aromatic heterocycles. The Balaban J connectivity index is 2.45. The largest absolute Gasteiger partial charge is 0.306 e. The third-order valence-electron chi connectivity index (χ3n) is 2.74. The van der Waals surface area contributed by atoms with Crippen LogP contribution in [0.15, 0.2) is 41.1 Å². The Morgan fingerprint density at radius 3 is 2.63 bits per heavy atom. The van der Waals surface area contributed by atoms with Gasteiger partial charge in [-0.05, 0) is 35.9 Å². The van der Waals surface area contributed by atoms with E-state index in [1.54, 1.807) is 12.3 Å². The molecule has 1 heterocycles. The van der Waals surface area contributed by atoms with Crippen molar-refractivity contribution in [2.24, 2.45) is 0 Å². The van der Waals surface area contributed by atoms with Crippen molar-refractivity contribution in [3.8, 4) is 0 Å². The molecule has 0 spiro atoms. The fraction of sp³-hybridized carbons (Fsp3) is 0.214. The van der Waals surface area contributed by atoms with Crippen molar-refractivity contribution in [2.75, 3.05) is 6.54 Å². The van der Waals surface area contributed by atoms with Gasteiger partial charge in [-0.2, -0.15) is 0 Å².